The van der Waals surface area contributed by atoms with Gasteiger partial charge in [0.05, 0.1) is 10.2 Å². The molecule has 0 unspecified atom stereocenters. The second-order valence-corrected chi connectivity index (χ2v) is 3.52. The van der Waals surface area contributed by atoms with Crippen LogP contribution in [0, 0.1) is 0 Å². The van der Waals surface area contributed by atoms with Crippen LogP contribution in [-0.4, -0.2) is 16.8 Å². The number of hydrogen-bond donors (Lipinski definition) is 3. The third kappa shape index (κ3) is 0.831. The lowest BCUT2D eigenvalue weighted by Gasteiger charge is -2.03. The largest absolute Gasteiger partial charge is 0.499 e. The molecule has 12 heavy (non-hydrogen) atoms. The van der Waals surface area contributed by atoms with Crippen molar-refractivity contribution >= 4 is 27.4 Å². The summed E-state index contributed by atoms with van der Waals surface area (Å²) in [5, 5.41) is 9.50. The molecule has 0 bridgehead atoms. The minimum Gasteiger partial charge on any atom is -0.499 e. The molecule has 2 heterocycles. The van der Waals surface area contributed by atoms with Crippen molar-refractivity contribution in [3.8, 4) is 5.06 Å². The van der Waals surface area contributed by atoms with E-state index in [0.29, 0.717) is 10.9 Å². The lowest BCUT2D eigenvalue weighted by atomic mass is 10.5. The fourth-order valence-electron chi connectivity index (χ4n) is 1.25. The minimum absolute atomic E-state index is 0.309. The number of hydrogen-bond acceptors (Lipinski definition) is 4. The first kappa shape index (κ1) is 7.30. The fraction of sp³-hybridized carbons (Fsp3) is 0.143. The molecule has 0 atom stereocenters. The second-order valence-electron chi connectivity index (χ2n) is 2.46. The summed E-state index contributed by atoms with van der Waals surface area (Å²) in [5.41, 5.74) is 9.52. The van der Waals surface area contributed by atoms with Crippen molar-refractivity contribution < 1.29 is 5.11 Å². The second kappa shape index (κ2) is 2.31. The molecule has 2 aromatic heterocycles. The molecular formula is C7H9N3OS. The van der Waals surface area contributed by atoms with E-state index in [1.165, 1.54) is 11.3 Å². The molecule has 0 amide bonds. The number of anilines is 1. The number of nitrogens with one attached hydrogen (secondary N) is 1. The smallest absolute Gasteiger partial charge is 0.173 e. The average Bonchev–Trinajstić information content (AvgIpc) is 2.43. The molecule has 4 N–H and O–H groups in total. The molecule has 5 heteroatoms. The van der Waals surface area contributed by atoms with Crippen molar-refractivity contribution in [1.82, 2.24) is 4.68 Å². The van der Waals surface area contributed by atoms with Crippen molar-refractivity contribution in [2.75, 3.05) is 18.2 Å². The van der Waals surface area contributed by atoms with Gasteiger partial charge in [-0.05, 0) is 6.07 Å². The van der Waals surface area contributed by atoms with E-state index in [9.17, 15) is 5.11 Å². The molecular weight excluding hydrogens is 174 g/mol. The summed E-state index contributed by atoms with van der Waals surface area (Å²) in [5.74, 6) is 0.652. The van der Waals surface area contributed by atoms with Gasteiger partial charge in [0.15, 0.2) is 5.06 Å². The van der Waals surface area contributed by atoms with Crippen LogP contribution < -0.4 is 11.2 Å². The van der Waals surface area contributed by atoms with Crippen LogP contribution in [0.5, 0.6) is 5.06 Å². The molecule has 64 valence electrons. The van der Waals surface area contributed by atoms with E-state index in [4.69, 9.17) is 5.73 Å². The van der Waals surface area contributed by atoms with Gasteiger partial charge in [0.2, 0.25) is 0 Å². The Labute approximate surface area is 73.2 Å². The minimum atomic E-state index is 0.309. The topological polar surface area (TPSA) is 63.2 Å². The highest BCUT2D eigenvalue weighted by molar-refractivity contribution is 7.20. The Kier molecular flexibility index (Phi) is 1.41. The van der Waals surface area contributed by atoms with Gasteiger partial charge in [-0.2, -0.15) is 0 Å². The maximum absolute atomic E-state index is 9.19. The van der Waals surface area contributed by atoms with Crippen LogP contribution >= 0.6 is 11.3 Å². The highest BCUT2D eigenvalue weighted by atomic mass is 32.1. The Morgan fingerprint density at radius 1 is 1.58 bits per heavy atom. The van der Waals surface area contributed by atoms with Gasteiger partial charge in [-0.15, -0.1) is 0 Å². The summed E-state index contributed by atoms with van der Waals surface area (Å²) < 4.78 is 2.71. The number of rotatable bonds is 1. The number of aromatic hydroxyl groups is 1. The van der Waals surface area contributed by atoms with Gasteiger partial charge >= 0.3 is 0 Å². The van der Waals surface area contributed by atoms with Gasteiger partial charge in [0.25, 0.3) is 0 Å². The molecule has 2 aromatic rings. The maximum atomic E-state index is 9.19. The van der Waals surface area contributed by atoms with Crippen LogP contribution in [0.3, 0.4) is 0 Å². The van der Waals surface area contributed by atoms with Crippen LogP contribution in [0.4, 0.5) is 5.82 Å². The number of nitrogens with zero attached hydrogens (tertiary/aromatic N) is 1. The monoisotopic (exact) mass is 183 g/mol. The Morgan fingerprint density at radius 3 is 3.00 bits per heavy atom. The van der Waals surface area contributed by atoms with Crippen LogP contribution in [0.15, 0.2) is 12.1 Å². The van der Waals surface area contributed by atoms with Crippen molar-refractivity contribution in [3.63, 3.8) is 0 Å². The molecule has 0 fully saturated rings. The number of fused-ring (bicyclic) bond motifs is 1. The standard InChI is InChI=1S/C7H9N3OS/c1-9-10-4-2-7(11)12-5(4)3-6(10)8/h2-3,9,11H,8H2,1H3. The summed E-state index contributed by atoms with van der Waals surface area (Å²) in [7, 11) is 1.78. The predicted molar refractivity (Wildman–Crippen MR) is 51.2 cm³/mol. The normalized spacial score (nSPS) is 10.8. The Balaban J connectivity index is 2.78. The van der Waals surface area contributed by atoms with E-state index >= 15 is 0 Å². The third-order valence-corrected chi connectivity index (χ3v) is 2.60. The maximum Gasteiger partial charge on any atom is 0.173 e. The highest BCUT2D eigenvalue weighted by Crippen LogP contribution is 2.33. The van der Waals surface area contributed by atoms with E-state index in [1.54, 1.807) is 17.8 Å². The van der Waals surface area contributed by atoms with Crippen molar-refractivity contribution in [1.29, 1.82) is 0 Å². The third-order valence-electron chi connectivity index (χ3n) is 1.73. The number of nitrogen functional groups attached to an aromatic ring is 1. The lowest BCUT2D eigenvalue weighted by Crippen LogP contribution is -2.10. The zero-order valence-electron chi connectivity index (χ0n) is 6.53. The quantitative estimate of drug-likeness (QED) is 0.621. The van der Waals surface area contributed by atoms with E-state index in [0.717, 1.165) is 10.2 Å². The van der Waals surface area contributed by atoms with Gasteiger partial charge in [-0.3, -0.25) is 0 Å². The molecule has 0 saturated carbocycles. The number of aromatic nitrogens is 1. The zero-order valence-corrected chi connectivity index (χ0v) is 7.35. The Hall–Kier alpha value is -1.36. The molecule has 0 saturated heterocycles. The molecule has 0 aliphatic carbocycles. The molecule has 2 rings (SSSR count). The van der Waals surface area contributed by atoms with E-state index in [-0.39, 0.29) is 0 Å². The van der Waals surface area contributed by atoms with Gasteiger partial charge < -0.3 is 16.3 Å². The summed E-state index contributed by atoms with van der Waals surface area (Å²) >= 11 is 1.32. The summed E-state index contributed by atoms with van der Waals surface area (Å²) in [6, 6.07) is 3.52. The van der Waals surface area contributed by atoms with Gasteiger partial charge in [-0.25, -0.2) is 4.68 Å². The molecule has 0 aromatic carbocycles. The zero-order chi connectivity index (χ0) is 8.72. The molecule has 0 aliphatic rings. The van der Waals surface area contributed by atoms with Crippen molar-refractivity contribution in [3.05, 3.63) is 12.1 Å². The van der Waals surface area contributed by atoms with Gasteiger partial charge in [0.1, 0.15) is 5.82 Å². The lowest BCUT2D eigenvalue weighted by molar-refractivity contribution is 0.491. The van der Waals surface area contributed by atoms with Crippen LogP contribution in [-0.2, 0) is 0 Å². The summed E-state index contributed by atoms with van der Waals surface area (Å²) in [6.45, 7) is 0. The van der Waals surface area contributed by atoms with E-state index < -0.39 is 0 Å². The van der Waals surface area contributed by atoms with E-state index in [2.05, 4.69) is 5.43 Å². The van der Waals surface area contributed by atoms with Crippen LogP contribution in [0.25, 0.3) is 10.2 Å². The number of nitrogens with two attached hydrogens (primary N) is 1. The molecule has 0 spiro atoms. The molecule has 4 nitrogen and oxygen atoms in total. The van der Waals surface area contributed by atoms with Crippen LogP contribution in [0.2, 0.25) is 0 Å². The first-order valence-electron chi connectivity index (χ1n) is 3.50. The number of thiophene rings is 1. The van der Waals surface area contributed by atoms with Gasteiger partial charge in [-0.1, -0.05) is 11.3 Å². The highest BCUT2D eigenvalue weighted by Gasteiger charge is 2.08. The molecule has 0 radical (unpaired) electrons. The fourth-order valence-corrected chi connectivity index (χ4v) is 2.08. The Morgan fingerprint density at radius 2 is 2.33 bits per heavy atom. The summed E-state index contributed by atoms with van der Waals surface area (Å²) in [6.07, 6.45) is 0. The SMILES string of the molecule is CNn1c(N)cc2sc(O)cc21. The predicted octanol–water partition coefficient (Wildman–Crippen LogP) is 1.16. The van der Waals surface area contributed by atoms with E-state index in [1.807, 2.05) is 6.07 Å². The first-order chi connectivity index (χ1) is 5.72. The average molecular weight is 183 g/mol. The van der Waals surface area contributed by atoms with Crippen molar-refractivity contribution in [2.45, 2.75) is 0 Å². The first-order valence-corrected chi connectivity index (χ1v) is 4.31. The van der Waals surface area contributed by atoms with Gasteiger partial charge in [0, 0.05) is 13.1 Å². The van der Waals surface area contributed by atoms with Crippen LogP contribution in [0.1, 0.15) is 0 Å². The summed E-state index contributed by atoms with van der Waals surface area (Å²) in [4.78, 5) is 0. The van der Waals surface area contributed by atoms with Crippen molar-refractivity contribution in [2.24, 2.45) is 0 Å². The Bertz CT molecular complexity index is 417. The molecule has 0 aliphatic heterocycles.